The molecule has 0 aromatic heterocycles. The van der Waals surface area contributed by atoms with Crippen molar-refractivity contribution in [1.29, 1.82) is 0 Å². The predicted octanol–water partition coefficient (Wildman–Crippen LogP) is 2.43. The summed E-state index contributed by atoms with van der Waals surface area (Å²) in [5.41, 5.74) is 12.5. The predicted molar refractivity (Wildman–Crippen MR) is 67.4 cm³/mol. The number of nitro groups is 1. The minimum Gasteiger partial charge on any atom is -0.397 e. The van der Waals surface area contributed by atoms with E-state index in [4.69, 9.17) is 11.5 Å². The zero-order valence-electron chi connectivity index (χ0n) is 8.96. The Morgan fingerprint density at radius 3 is 2.24 bits per heavy atom. The molecular formula is C12H11N3O2. The van der Waals surface area contributed by atoms with E-state index in [-0.39, 0.29) is 17.1 Å². The Labute approximate surface area is 97.8 Å². The molecule has 0 spiro atoms. The molecule has 0 heterocycles. The zero-order chi connectivity index (χ0) is 12.4. The molecule has 0 radical (unpaired) electrons. The van der Waals surface area contributed by atoms with Gasteiger partial charge in [-0.15, -0.1) is 0 Å². The normalized spacial score (nSPS) is 10.1. The van der Waals surface area contributed by atoms with E-state index >= 15 is 0 Å². The largest absolute Gasteiger partial charge is 0.397 e. The fourth-order valence-corrected chi connectivity index (χ4v) is 1.67. The topological polar surface area (TPSA) is 95.2 Å². The van der Waals surface area contributed by atoms with E-state index in [9.17, 15) is 10.1 Å². The lowest BCUT2D eigenvalue weighted by Crippen LogP contribution is -2.02. The summed E-state index contributed by atoms with van der Waals surface area (Å²) < 4.78 is 0. The summed E-state index contributed by atoms with van der Waals surface area (Å²) in [7, 11) is 0. The van der Waals surface area contributed by atoms with E-state index in [0.29, 0.717) is 5.56 Å². The van der Waals surface area contributed by atoms with Crippen molar-refractivity contribution in [3.05, 3.63) is 52.6 Å². The van der Waals surface area contributed by atoms with Crippen LogP contribution in [0.3, 0.4) is 0 Å². The first kappa shape index (κ1) is 10.9. The van der Waals surface area contributed by atoms with Crippen molar-refractivity contribution >= 4 is 17.1 Å². The number of rotatable bonds is 2. The average Bonchev–Trinajstić information content (AvgIpc) is 2.33. The molecule has 0 saturated carbocycles. The standard InChI is InChI=1S/C12H11N3O2/c13-10-7-6-9(8-4-2-1-3-5-8)12(11(10)14)15(16)17/h1-7H,13-14H2. The van der Waals surface area contributed by atoms with Crippen LogP contribution >= 0.6 is 0 Å². The third-order valence-corrected chi connectivity index (χ3v) is 2.52. The Hall–Kier alpha value is -2.56. The molecule has 2 aromatic carbocycles. The van der Waals surface area contributed by atoms with E-state index in [1.807, 2.05) is 18.2 Å². The summed E-state index contributed by atoms with van der Waals surface area (Å²) in [4.78, 5) is 10.5. The lowest BCUT2D eigenvalue weighted by molar-refractivity contribution is -0.383. The van der Waals surface area contributed by atoms with Crippen molar-refractivity contribution in [3.63, 3.8) is 0 Å². The summed E-state index contributed by atoms with van der Waals surface area (Å²) in [5.74, 6) is 0. The summed E-state index contributed by atoms with van der Waals surface area (Å²) in [6.45, 7) is 0. The highest BCUT2D eigenvalue weighted by Gasteiger charge is 2.20. The number of hydrogen-bond acceptors (Lipinski definition) is 4. The van der Waals surface area contributed by atoms with Crippen LogP contribution in [0.15, 0.2) is 42.5 Å². The molecule has 0 bridgehead atoms. The molecule has 0 aliphatic carbocycles. The molecule has 0 atom stereocenters. The maximum absolute atomic E-state index is 11.0. The molecular weight excluding hydrogens is 218 g/mol. The monoisotopic (exact) mass is 229 g/mol. The van der Waals surface area contributed by atoms with Gasteiger partial charge in [0, 0.05) is 0 Å². The molecule has 2 rings (SSSR count). The van der Waals surface area contributed by atoms with Gasteiger partial charge in [0.05, 0.1) is 16.2 Å². The Morgan fingerprint density at radius 1 is 1.00 bits per heavy atom. The smallest absolute Gasteiger partial charge is 0.301 e. The molecule has 0 aliphatic heterocycles. The van der Waals surface area contributed by atoms with Crippen LogP contribution in [0, 0.1) is 10.1 Å². The summed E-state index contributed by atoms with van der Waals surface area (Å²) in [5, 5.41) is 11.0. The van der Waals surface area contributed by atoms with Gasteiger partial charge in [-0.05, 0) is 17.7 Å². The van der Waals surface area contributed by atoms with Crippen LogP contribution in [-0.2, 0) is 0 Å². The van der Waals surface area contributed by atoms with Gasteiger partial charge >= 0.3 is 5.69 Å². The van der Waals surface area contributed by atoms with Gasteiger partial charge in [0.15, 0.2) is 0 Å². The number of anilines is 2. The van der Waals surface area contributed by atoms with Crippen molar-refractivity contribution < 1.29 is 4.92 Å². The molecule has 4 N–H and O–H groups in total. The molecule has 0 fully saturated rings. The van der Waals surface area contributed by atoms with Crippen molar-refractivity contribution in [2.45, 2.75) is 0 Å². The van der Waals surface area contributed by atoms with E-state index in [1.54, 1.807) is 24.3 Å². The number of nitrogens with zero attached hydrogens (tertiary/aromatic N) is 1. The van der Waals surface area contributed by atoms with Crippen molar-refractivity contribution in [2.24, 2.45) is 0 Å². The third-order valence-electron chi connectivity index (χ3n) is 2.52. The van der Waals surface area contributed by atoms with Gasteiger partial charge in [0.25, 0.3) is 0 Å². The van der Waals surface area contributed by atoms with Gasteiger partial charge in [-0.3, -0.25) is 10.1 Å². The van der Waals surface area contributed by atoms with Gasteiger partial charge in [-0.2, -0.15) is 0 Å². The summed E-state index contributed by atoms with van der Waals surface area (Å²) in [6.07, 6.45) is 0. The highest BCUT2D eigenvalue weighted by atomic mass is 16.6. The van der Waals surface area contributed by atoms with Gasteiger partial charge < -0.3 is 11.5 Å². The second-order valence-corrected chi connectivity index (χ2v) is 3.59. The second-order valence-electron chi connectivity index (χ2n) is 3.59. The minimum absolute atomic E-state index is 0.0105. The Bertz CT molecular complexity index is 567. The van der Waals surface area contributed by atoms with E-state index in [1.165, 1.54) is 0 Å². The number of nitro benzene ring substituents is 1. The quantitative estimate of drug-likeness (QED) is 0.469. The number of benzene rings is 2. The molecule has 5 heteroatoms. The molecule has 5 nitrogen and oxygen atoms in total. The van der Waals surface area contributed by atoms with Crippen molar-refractivity contribution in [2.75, 3.05) is 11.5 Å². The van der Waals surface area contributed by atoms with E-state index in [0.717, 1.165) is 5.56 Å². The fourth-order valence-electron chi connectivity index (χ4n) is 1.67. The first-order valence-electron chi connectivity index (χ1n) is 4.99. The molecule has 17 heavy (non-hydrogen) atoms. The lowest BCUT2D eigenvalue weighted by Gasteiger charge is -2.07. The summed E-state index contributed by atoms with van der Waals surface area (Å²) in [6, 6.07) is 12.2. The summed E-state index contributed by atoms with van der Waals surface area (Å²) >= 11 is 0. The van der Waals surface area contributed by atoms with Crippen LogP contribution in [0.2, 0.25) is 0 Å². The second kappa shape index (κ2) is 4.13. The maximum Gasteiger partial charge on any atom is 0.301 e. The Kier molecular flexibility index (Phi) is 2.66. The van der Waals surface area contributed by atoms with Gasteiger partial charge in [0.1, 0.15) is 5.69 Å². The molecule has 86 valence electrons. The molecule has 2 aromatic rings. The van der Waals surface area contributed by atoms with Crippen LogP contribution in [-0.4, -0.2) is 4.92 Å². The fraction of sp³-hybridized carbons (Fsp3) is 0. The lowest BCUT2D eigenvalue weighted by atomic mass is 10.0. The van der Waals surface area contributed by atoms with Gasteiger partial charge in [-0.1, -0.05) is 30.3 Å². The molecule has 0 unspecified atom stereocenters. The first-order chi connectivity index (χ1) is 8.11. The highest BCUT2D eigenvalue weighted by molar-refractivity contribution is 5.87. The zero-order valence-corrected chi connectivity index (χ0v) is 8.96. The van der Waals surface area contributed by atoms with Crippen LogP contribution in [0.4, 0.5) is 17.1 Å². The first-order valence-corrected chi connectivity index (χ1v) is 4.99. The van der Waals surface area contributed by atoms with E-state index in [2.05, 4.69) is 0 Å². The number of nitrogens with two attached hydrogens (primary N) is 2. The molecule has 0 aliphatic rings. The minimum atomic E-state index is -0.506. The highest BCUT2D eigenvalue weighted by Crippen LogP contribution is 2.37. The molecule has 0 saturated heterocycles. The van der Waals surface area contributed by atoms with Crippen LogP contribution in [0.25, 0.3) is 11.1 Å². The number of nitrogen functional groups attached to an aromatic ring is 2. The maximum atomic E-state index is 11.0. The molecule has 0 amide bonds. The SMILES string of the molecule is Nc1ccc(-c2ccccc2)c([N+](=O)[O-])c1N. The van der Waals surface area contributed by atoms with E-state index < -0.39 is 4.92 Å². The average molecular weight is 229 g/mol. The Morgan fingerprint density at radius 2 is 1.65 bits per heavy atom. The van der Waals surface area contributed by atoms with Gasteiger partial charge in [0.2, 0.25) is 0 Å². The van der Waals surface area contributed by atoms with Crippen molar-refractivity contribution in [3.8, 4) is 11.1 Å². The van der Waals surface area contributed by atoms with Crippen LogP contribution in [0.1, 0.15) is 0 Å². The van der Waals surface area contributed by atoms with Crippen molar-refractivity contribution in [1.82, 2.24) is 0 Å². The van der Waals surface area contributed by atoms with Gasteiger partial charge in [-0.25, -0.2) is 0 Å². The third kappa shape index (κ3) is 1.90. The van der Waals surface area contributed by atoms with Crippen LogP contribution < -0.4 is 11.5 Å². The van der Waals surface area contributed by atoms with Crippen LogP contribution in [0.5, 0.6) is 0 Å². The number of hydrogen-bond donors (Lipinski definition) is 2. The Balaban J connectivity index is 2.71.